The van der Waals surface area contributed by atoms with Crippen LogP contribution in [0.15, 0.2) is 12.1 Å². The van der Waals surface area contributed by atoms with E-state index in [0.29, 0.717) is 5.56 Å². The van der Waals surface area contributed by atoms with Crippen LogP contribution in [0.25, 0.3) is 0 Å². The number of ether oxygens (including phenoxy) is 1. The van der Waals surface area contributed by atoms with E-state index in [1.54, 1.807) is 0 Å². The lowest BCUT2D eigenvalue weighted by Crippen LogP contribution is -2.31. The molecule has 1 fully saturated rings. The van der Waals surface area contributed by atoms with Crippen LogP contribution in [0.5, 0.6) is 5.75 Å². The van der Waals surface area contributed by atoms with Crippen LogP contribution in [-0.2, 0) is 5.41 Å². The SMILES string of the molecule is COc1c(F)cc(C2(C(C)N)CC2)cc1C(=O)O. The summed E-state index contributed by atoms with van der Waals surface area (Å²) in [5.41, 5.74) is 6.12. The number of hydrogen-bond donors (Lipinski definition) is 2. The van der Waals surface area contributed by atoms with Gasteiger partial charge >= 0.3 is 5.97 Å². The third-order valence-corrected chi connectivity index (χ3v) is 3.71. The Morgan fingerprint density at radius 3 is 2.56 bits per heavy atom. The monoisotopic (exact) mass is 253 g/mol. The molecule has 0 bridgehead atoms. The molecule has 1 aliphatic rings. The zero-order chi connectivity index (χ0) is 13.5. The highest BCUT2D eigenvalue weighted by Gasteiger charge is 2.48. The summed E-state index contributed by atoms with van der Waals surface area (Å²) in [6, 6.07) is 2.68. The molecule has 0 aliphatic heterocycles. The van der Waals surface area contributed by atoms with Gasteiger partial charge in [0, 0.05) is 11.5 Å². The average molecular weight is 253 g/mol. The Labute approximate surface area is 105 Å². The van der Waals surface area contributed by atoms with Crippen molar-refractivity contribution in [1.29, 1.82) is 0 Å². The second-order valence-electron chi connectivity index (χ2n) is 4.79. The van der Waals surface area contributed by atoms with E-state index in [2.05, 4.69) is 0 Å². The molecule has 1 saturated carbocycles. The highest BCUT2D eigenvalue weighted by molar-refractivity contribution is 5.91. The molecule has 4 nitrogen and oxygen atoms in total. The summed E-state index contributed by atoms with van der Waals surface area (Å²) >= 11 is 0. The maximum atomic E-state index is 13.9. The topological polar surface area (TPSA) is 72.5 Å². The Morgan fingerprint density at radius 1 is 1.56 bits per heavy atom. The summed E-state index contributed by atoms with van der Waals surface area (Å²) in [7, 11) is 1.25. The molecule has 0 heterocycles. The molecule has 1 unspecified atom stereocenters. The van der Waals surface area contributed by atoms with Crippen LogP contribution in [0.4, 0.5) is 4.39 Å². The number of aromatic carboxylic acids is 1. The number of carbonyl (C=O) groups is 1. The van der Waals surface area contributed by atoms with Gasteiger partial charge in [-0.15, -0.1) is 0 Å². The molecule has 0 saturated heterocycles. The molecule has 0 radical (unpaired) electrons. The van der Waals surface area contributed by atoms with Gasteiger partial charge in [-0.2, -0.15) is 0 Å². The second kappa shape index (κ2) is 4.24. The van der Waals surface area contributed by atoms with Crippen molar-refractivity contribution in [2.75, 3.05) is 7.11 Å². The molecule has 3 N–H and O–H groups in total. The molecule has 2 rings (SSSR count). The maximum absolute atomic E-state index is 13.9. The summed E-state index contributed by atoms with van der Waals surface area (Å²) in [5, 5.41) is 9.09. The summed E-state index contributed by atoms with van der Waals surface area (Å²) in [6.07, 6.45) is 1.71. The van der Waals surface area contributed by atoms with Gasteiger partial charge in [-0.1, -0.05) is 0 Å². The standard InChI is InChI=1S/C13H16FNO3/c1-7(15)13(3-4-13)8-5-9(12(16)17)11(18-2)10(14)6-8/h5-7H,3-4,15H2,1-2H3,(H,16,17). The Bertz CT molecular complexity index is 495. The van der Waals surface area contributed by atoms with Crippen molar-refractivity contribution in [3.63, 3.8) is 0 Å². The van der Waals surface area contributed by atoms with Crippen LogP contribution in [0, 0.1) is 5.82 Å². The molecule has 1 aromatic rings. The van der Waals surface area contributed by atoms with Gasteiger partial charge in [0.1, 0.15) is 5.56 Å². The average Bonchev–Trinajstić information content (AvgIpc) is 3.08. The zero-order valence-electron chi connectivity index (χ0n) is 10.4. The minimum Gasteiger partial charge on any atom is -0.493 e. The Morgan fingerprint density at radius 2 is 2.17 bits per heavy atom. The quantitative estimate of drug-likeness (QED) is 0.859. The van der Waals surface area contributed by atoms with Gasteiger partial charge in [0.2, 0.25) is 0 Å². The van der Waals surface area contributed by atoms with E-state index in [1.165, 1.54) is 19.2 Å². The van der Waals surface area contributed by atoms with Crippen LogP contribution in [0.1, 0.15) is 35.7 Å². The second-order valence-corrected chi connectivity index (χ2v) is 4.79. The van der Waals surface area contributed by atoms with Gasteiger partial charge in [0.15, 0.2) is 11.6 Å². The van der Waals surface area contributed by atoms with Gasteiger partial charge in [0.25, 0.3) is 0 Å². The van der Waals surface area contributed by atoms with E-state index in [-0.39, 0.29) is 22.8 Å². The van der Waals surface area contributed by atoms with E-state index < -0.39 is 11.8 Å². The molecule has 1 aromatic carbocycles. The minimum atomic E-state index is -1.20. The molecule has 0 amide bonds. The predicted octanol–water partition coefficient (Wildman–Crippen LogP) is 1.91. The first-order valence-corrected chi connectivity index (χ1v) is 5.79. The molecule has 5 heteroatoms. The fourth-order valence-corrected chi connectivity index (χ4v) is 2.39. The van der Waals surface area contributed by atoms with Crippen molar-refractivity contribution in [3.05, 3.63) is 29.1 Å². The lowest BCUT2D eigenvalue weighted by Gasteiger charge is -2.21. The van der Waals surface area contributed by atoms with E-state index in [0.717, 1.165) is 12.8 Å². The van der Waals surface area contributed by atoms with Gasteiger partial charge < -0.3 is 15.6 Å². The minimum absolute atomic E-state index is 0.132. The normalized spacial score (nSPS) is 18.2. The summed E-state index contributed by atoms with van der Waals surface area (Å²) in [5.74, 6) is -2.08. The van der Waals surface area contributed by atoms with Crippen molar-refractivity contribution < 1.29 is 19.0 Å². The Kier molecular flexibility index (Phi) is 3.02. The van der Waals surface area contributed by atoms with Gasteiger partial charge in [-0.25, -0.2) is 9.18 Å². The molecule has 98 valence electrons. The number of rotatable bonds is 4. The van der Waals surface area contributed by atoms with Crippen molar-refractivity contribution in [3.8, 4) is 5.75 Å². The number of benzene rings is 1. The van der Waals surface area contributed by atoms with Gasteiger partial charge in [0.05, 0.1) is 7.11 Å². The smallest absolute Gasteiger partial charge is 0.339 e. The highest BCUT2D eigenvalue weighted by Crippen LogP contribution is 2.51. The van der Waals surface area contributed by atoms with Gasteiger partial charge in [-0.3, -0.25) is 0 Å². The van der Waals surface area contributed by atoms with E-state index >= 15 is 0 Å². The zero-order valence-corrected chi connectivity index (χ0v) is 10.4. The number of carboxylic acids is 1. The fourth-order valence-electron chi connectivity index (χ4n) is 2.39. The Hall–Kier alpha value is -1.62. The lowest BCUT2D eigenvalue weighted by atomic mass is 9.88. The van der Waals surface area contributed by atoms with Crippen molar-refractivity contribution in [2.45, 2.75) is 31.2 Å². The summed E-state index contributed by atoms with van der Waals surface area (Å²) in [6.45, 7) is 1.86. The van der Waals surface area contributed by atoms with Crippen molar-refractivity contribution in [2.24, 2.45) is 5.73 Å². The molecular weight excluding hydrogens is 237 g/mol. The molecule has 0 spiro atoms. The number of hydrogen-bond acceptors (Lipinski definition) is 3. The first-order valence-electron chi connectivity index (χ1n) is 5.79. The molecule has 1 aliphatic carbocycles. The third-order valence-electron chi connectivity index (χ3n) is 3.71. The summed E-state index contributed by atoms with van der Waals surface area (Å²) in [4.78, 5) is 11.1. The molecule has 1 atom stereocenters. The van der Waals surface area contributed by atoms with Crippen molar-refractivity contribution in [1.82, 2.24) is 0 Å². The maximum Gasteiger partial charge on any atom is 0.339 e. The predicted molar refractivity (Wildman–Crippen MR) is 64.5 cm³/mol. The number of halogens is 1. The third kappa shape index (κ3) is 1.84. The van der Waals surface area contributed by atoms with Crippen molar-refractivity contribution >= 4 is 5.97 Å². The van der Waals surface area contributed by atoms with E-state index in [4.69, 9.17) is 15.6 Å². The first kappa shape index (κ1) is 12.8. The number of methoxy groups -OCH3 is 1. The lowest BCUT2D eigenvalue weighted by molar-refractivity contribution is 0.0692. The van der Waals surface area contributed by atoms with Crippen LogP contribution in [0.2, 0.25) is 0 Å². The highest BCUT2D eigenvalue weighted by atomic mass is 19.1. The van der Waals surface area contributed by atoms with Crippen LogP contribution in [-0.4, -0.2) is 24.2 Å². The first-order chi connectivity index (χ1) is 8.42. The van der Waals surface area contributed by atoms with Crippen LogP contribution >= 0.6 is 0 Å². The molecule has 18 heavy (non-hydrogen) atoms. The van der Waals surface area contributed by atoms with Crippen LogP contribution in [0.3, 0.4) is 0 Å². The molecule has 0 aromatic heterocycles. The Balaban J connectivity index is 2.55. The molecular formula is C13H16FNO3. The van der Waals surface area contributed by atoms with Gasteiger partial charge in [-0.05, 0) is 37.5 Å². The van der Waals surface area contributed by atoms with Crippen LogP contribution < -0.4 is 10.5 Å². The fraction of sp³-hybridized carbons (Fsp3) is 0.462. The largest absolute Gasteiger partial charge is 0.493 e. The number of carboxylic acid groups (broad SMARTS) is 1. The number of nitrogens with two attached hydrogens (primary N) is 1. The summed E-state index contributed by atoms with van der Waals surface area (Å²) < 4.78 is 18.7. The van der Waals surface area contributed by atoms with E-state index in [1.807, 2.05) is 6.92 Å². The van der Waals surface area contributed by atoms with E-state index in [9.17, 15) is 9.18 Å².